The standard InChI is InChI=1S/C11H22N2O/c1-3-5-11(6-7-11)9-13-10(14)4-8-12-2/h12H,3-9H2,1-2H3,(H,13,14). The molecule has 1 fully saturated rings. The molecule has 0 spiro atoms. The minimum atomic E-state index is 0.182. The van der Waals surface area contributed by atoms with Crippen LogP contribution in [0.5, 0.6) is 0 Å². The minimum Gasteiger partial charge on any atom is -0.356 e. The van der Waals surface area contributed by atoms with Gasteiger partial charge in [-0.25, -0.2) is 0 Å². The van der Waals surface area contributed by atoms with Crippen LogP contribution >= 0.6 is 0 Å². The number of rotatable bonds is 7. The number of hydrogen-bond donors (Lipinski definition) is 2. The van der Waals surface area contributed by atoms with Gasteiger partial charge in [-0.2, -0.15) is 0 Å². The second kappa shape index (κ2) is 5.35. The van der Waals surface area contributed by atoms with Crippen LogP contribution in [0.15, 0.2) is 0 Å². The Morgan fingerprint density at radius 2 is 2.14 bits per heavy atom. The Balaban J connectivity index is 2.10. The fourth-order valence-corrected chi connectivity index (χ4v) is 1.84. The van der Waals surface area contributed by atoms with Crippen molar-refractivity contribution in [3.63, 3.8) is 0 Å². The van der Waals surface area contributed by atoms with Gasteiger partial charge in [-0.1, -0.05) is 13.3 Å². The SMILES string of the molecule is CCCC1(CNC(=O)CCNC)CC1. The molecule has 14 heavy (non-hydrogen) atoms. The maximum Gasteiger partial charge on any atom is 0.221 e. The molecule has 0 aromatic rings. The average molecular weight is 198 g/mol. The predicted octanol–water partition coefficient (Wildman–Crippen LogP) is 1.29. The van der Waals surface area contributed by atoms with Crippen LogP contribution in [0, 0.1) is 5.41 Å². The van der Waals surface area contributed by atoms with Gasteiger partial charge >= 0.3 is 0 Å². The average Bonchev–Trinajstić information content (AvgIpc) is 2.93. The molecule has 0 saturated heterocycles. The number of carbonyl (C=O) groups excluding carboxylic acids is 1. The van der Waals surface area contributed by atoms with E-state index in [0.717, 1.165) is 13.1 Å². The van der Waals surface area contributed by atoms with E-state index < -0.39 is 0 Å². The Labute approximate surface area is 86.6 Å². The Kier molecular flexibility index (Phi) is 4.39. The van der Waals surface area contributed by atoms with Crippen LogP contribution < -0.4 is 10.6 Å². The molecule has 2 N–H and O–H groups in total. The van der Waals surface area contributed by atoms with Gasteiger partial charge in [0.15, 0.2) is 0 Å². The van der Waals surface area contributed by atoms with Crippen molar-refractivity contribution in [1.29, 1.82) is 0 Å². The highest BCUT2D eigenvalue weighted by Gasteiger charge is 2.41. The van der Waals surface area contributed by atoms with Crippen LogP contribution in [-0.2, 0) is 4.79 Å². The lowest BCUT2D eigenvalue weighted by atomic mass is 10.0. The van der Waals surface area contributed by atoms with Crippen molar-refractivity contribution >= 4 is 5.91 Å². The van der Waals surface area contributed by atoms with Crippen molar-refractivity contribution in [3.8, 4) is 0 Å². The second-order valence-electron chi connectivity index (χ2n) is 4.38. The van der Waals surface area contributed by atoms with E-state index >= 15 is 0 Å². The normalized spacial score (nSPS) is 17.9. The van der Waals surface area contributed by atoms with Crippen LogP contribution in [0.4, 0.5) is 0 Å². The largest absolute Gasteiger partial charge is 0.356 e. The quantitative estimate of drug-likeness (QED) is 0.647. The van der Waals surface area contributed by atoms with Crippen molar-refractivity contribution in [2.45, 2.75) is 39.0 Å². The van der Waals surface area contributed by atoms with Gasteiger partial charge < -0.3 is 10.6 Å². The second-order valence-corrected chi connectivity index (χ2v) is 4.38. The molecule has 0 aromatic carbocycles. The third kappa shape index (κ3) is 3.66. The van der Waals surface area contributed by atoms with Crippen LogP contribution in [-0.4, -0.2) is 26.0 Å². The van der Waals surface area contributed by atoms with E-state index in [2.05, 4.69) is 17.6 Å². The zero-order chi connectivity index (χ0) is 10.4. The molecule has 1 aliphatic carbocycles. The topological polar surface area (TPSA) is 41.1 Å². The molecule has 82 valence electrons. The first kappa shape index (κ1) is 11.5. The molecule has 0 heterocycles. The molecule has 0 aliphatic heterocycles. The van der Waals surface area contributed by atoms with Gasteiger partial charge in [0.05, 0.1) is 0 Å². The summed E-state index contributed by atoms with van der Waals surface area (Å²) in [6.45, 7) is 3.87. The third-order valence-electron chi connectivity index (χ3n) is 3.00. The monoisotopic (exact) mass is 198 g/mol. The van der Waals surface area contributed by atoms with Gasteiger partial charge in [0.1, 0.15) is 0 Å². The highest BCUT2D eigenvalue weighted by Crippen LogP contribution is 2.48. The van der Waals surface area contributed by atoms with E-state index in [9.17, 15) is 4.79 Å². The Hall–Kier alpha value is -0.570. The molecular formula is C11H22N2O. The van der Waals surface area contributed by atoms with E-state index in [-0.39, 0.29) is 5.91 Å². The van der Waals surface area contributed by atoms with Gasteiger partial charge in [0, 0.05) is 19.5 Å². The third-order valence-corrected chi connectivity index (χ3v) is 3.00. The van der Waals surface area contributed by atoms with Gasteiger partial charge in [-0.15, -0.1) is 0 Å². The Bertz CT molecular complexity index is 188. The molecule has 0 bridgehead atoms. The molecule has 0 unspecified atom stereocenters. The summed E-state index contributed by atoms with van der Waals surface area (Å²) in [6, 6.07) is 0. The first-order valence-electron chi connectivity index (χ1n) is 5.64. The summed E-state index contributed by atoms with van der Waals surface area (Å²) in [5, 5.41) is 6.00. The summed E-state index contributed by atoms with van der Waals surface area (Å²) in [7, 11) is 1.87. The molecule has 1 rings (SSSR count). The predicted molar refractivity (Wildman–Crippen MR) is 58.1 cm³/mol. The molecule has 1 aliphatic rings. The number of amides is 1. The molecule has 3 heteroatoms. The molecule has 0 radical (unpaired) electrons. The van der Waals surface area contributed by atoms with Crippen molar-refractivity contribution < 1.29 is 4.79 Å². The van der Waals surface area contributed by atoms with Crippen molar-refractivity contribution in [2.75, 3.05) is 20.1 Å². The zero-order valence-corrected chi connectivity index (χ0v) is 9.36. The fraction of sp³-hybridized carbons (Fsp3) is 0.909. The summed E-state index contributed by atoms with van der Waals surface area (Å²) in [6.07, 6.45) is 5.69. The van der Waals surface area contributed by atoms with E-state index in [0.29, 0.717) is 11.8 Å². The lowest BCUT2D eigenvalue weighted by molar-refractivity contribution is -0.121. The summed E-state index contributed by atoms with van der Waals surface area (Å²) >= 11 is 0. The van der Waals surface area contributed by atoms with Crippen molar-refractivity contribution in [1.82, 2.24) is 10.6 Å². The van der Waals surface area contributed by atoms with E-state index in [1.54, 1.807) is 0 Å². The molecule has 0 atom stereocenters. The Morgan fingerprint density at radius 1 is 1.43 bits per heavy atom. The molecular weight excluding hydrogens is 176 g/mol. The van der Waals surface area contributed by atoms with E-state index in [1.165, 1.54) is 25.7 Å². The fourth-order valence-electron chi connectivity index (χ4n) is 1.84. The number of nitrogens with one attached hydrogen (secondary N) is 2. The van der Waals surface area contributed by atoms with Gasteiger partial charge in [0.2, 0.25) is 5.91 Å². The number of hydrogen-bond acceptors (Lipinski definition) is 2. The zero-order valence-electron chi connectivity index (χ0n) is 9.36. The van der Waals surface area contributed by atoms with Crippen molar-refractivity contribution in [2.24, 2.45) is 5.41 Å². The highest BCUT2D eigenvalue weighted by atomic mass is 16.1. The van der Waals surface area contributed by atoms with Crippen molar-refractivity contribution in [3.05, 3.63) is 0 Å². The maximum absolute atomic E-state index is 11.3. The highest BCUT2D eigenvalue weighted by molar-refractivity contribution is 5.76. The summed E-state index contributed by atoms with van der Waals surface area (Å²) in [4.78, 5) is 11.3. The summed E-state index contributed by atoms with van der Waals surface area (Å²) < 4.78 is 0. The lowest BCUT2D eigenvalue weighted by Gasteiger charge is -2.14. The van der Waals surface area contributed by atoms with Crippen LogP contribution in [0.1, 0.15) is 39.0 Å². The minimum absolute atomic E-state index is 0.182. The van der Waals surface area contributed by atoms with Gasteiger partial charge in [-0.05, 0) is 31.7 Å². The first-order valence-corrected chi connectivity index (χ1v) is 5.64. The smallest absolute Gasteiger partial charge is 0.221 e. The van der Waals surface area contributed by atoms with Crippen LogP contribution in [0.25, 0.3) is 0 Å². The first-order chi connectivity index (χ1) is 6.72. The maximum atomic E-state index is 11.3. The molecule has 3 nitrogen and oxygen atoms in total. The summed E-state index contributed by atoms with van der Waals surface area (Å²) in [5.41, 5.74) is 0.476. The van der Waals surface area contributed by atoms with E-state index in [1.807, 2.05) is 7.05 Å². The van der Waals surface area contributed by atoms with Gasteiger partial charge in [-0.3, -0.25) is 4.79 Å². The molecule has 1 saturated carbocycles. The van der Waals surface area contributed by atoms with Crippen LogP contribution in [0.3, 0.4) is 0 Å². The van der Waals surface area contributed by atoms with Crippen LogP contribution in [0.2, 0.25) is 0 Å². The van der Waals surface area contributed by atoms with Gasteiger partial charge in [0.25, 0.3) is 0 Å². The lowest BCUT2D eigenvalue weighted by Crippen LogP contribution is -2.31. The number of carbonyl (C=O) groups is 1. The van der Waals surface area contributed by atoms with E-state index in [4.69, 9.17) is 0 Å². The molecule has 1 amide bonds. The summed E-state index contributed by atoms with van der Waals surface area (Å²) in [5.74, 6) is 0.182. The molecule has 0 aromatic heterocycles. The Morgan fingerprint density at radius 3 is 2.64 bits per heavy atom.